The summed E-state index contributed by atoms with van der Waals surface area (Å²) in [6.07, 6.45) is 8.67. The maximum Gasteiger partial charge on any atom is 0.308 e. The van der Waals surface area contributed by atoms with E-state index in [-0.39, 0.29) is 35.9 Å². The number of carbonyl (C=O) groups is 1. The third kappa shape index (κ3) is 5.18. The smallest absolute Gasteiger partial charge is 0.308 e. The number of ether oxygens (including phenoxy) is 1. The average Bonchev–Trinajstić information content (AvgIpc) is 3.23. The van der Waals surface area contributed by atoms with E-state index >= 15 is 0 Å². The minimum absolute atomic E-state index is 0. The third-order valence-electron chi connectivity index (χ3n) is 4.59. The largest absolute Gasteiger partial charge is 0.469 e. The van der Waals surface area contributed by atoms with Crippen LogP contribution in [0.15, 0.2) is 42.0 Å². The van der Waals surface area contributed by atoms with Gasteiger partial charge in [0.05, 0.1) is 13.0 Å². The molecule has 8 nitrogen and oxygen atoms in total. The molecule has 3 heterocycles. The number of methoxy groups -OCH3 is 1. The first-order valence-electron chi connectivity index (χ1n) is 8.68. The molecule has 0 atom stereocenters. The Morgan fingerprint density at radius 3 is 2.78 bits per heavy atom. The number of guanidine groups is 1. The fourth-order valence-electron chi connectivity index (χ4n) is 3.19. The Kier molecular flexibility index (Phi) is 8.01. The molecule has 0 radical (unpaired) electrons. The highest BCUT2D eigenvalue weighted by atomic mass is 127. The molecular weight excluding hydrogens is 459 g/mol. The summed E-state index contributed by atoms with van der Waals surface area (Å²) in [5.74, 6) is 1.54. The average molecular weight is 484 g/mol. The molecule has 0 unspecified atom stereocenters. The molecule has 2 aromatic heterocycles. The molecule has 0 aliphatic carbocycles. The van der Waals surface area contributed by atoms with Crippen LogP contribution in [0.2, 0.25) is 0 Å². The van der Waals surface area contributed by atoms with Crippen molar-refractivity contribution >= 4 is 35.9 Å². The zero-order valence-corrected chi connectivity index (χ0v) is 17.9. The lowest BCUT2D eigenvalue weighted by atomic mass is 9.97. The number of esters is 1. The highest BCUT2D eigenvalue weighted by Crippen LogP contribution is 2.18. The predicted octanol–water partition coefficient (Wildman–Crippen LogP) is 1.85. The van der Waals surface area contributed by atoms with Crippen molar-refractivity contribution in [3.05, 3.63) is 42.6 Å². The SMILES string of the molecule is CN=C(NCc1cccnc1-n1ccnc1)N1CCC(C(=O)OC)CC1.I. The number of imidazole rings is 1. The van der Waals surface area contributed by atoms with E-state index in [2.05, 4.69) is 25.2 Å². The standard InChI is InChI=1S/C18H24N6O2.HI/c1-19-18(23-9-5-14(6-10-23)17(25)26-2)22-12-15-4-3-7-21-16(15)24-11-8-20-13-24;/h3-4,7-8,11,13-14H,5-6,9-10,12H2,1-2H3,(H,19,22);1H. The number of aliphatic imine (C=N–C) groups is 1. The summed E-state index contributed by atoms with van der Waals surface area (Å²) in [7, 11) is 3.22. The van der Waals surface area contributed by atoms with Gasteiger partial charge in [0, 0.05) is 50.8 Å². The number of halogens is 1. The minimum atomic E-state index is -0.118. The predicted molar refractivity (Wildman–Crippen MR) is 113 cm³/mol. The molecule has 1 saturated heterocycles. The van der Waals surface area contributed by atoms with Gasteiger partial charge in [-0.05, 0) is 18.9 Å². The lowest BCUT2D eigenvalue weighted by molar-refractivity contribution is -0.146. The van der Waals surface area contributed by atoms with Gasteiger partial charge in [0.1, 0.15) is 12.1 Å². The van der Waals surface area contributed by atoms with Crippen molar-refractivity contribution in [1.82, 2.24) is 24.8 Å². The Bertz CT molecular complexity index is 757. The van der Waals surface area contributed by atoms with E-state index in [1.807, 2.05) is 22.9 Å². The van der Waals surface area contributed by atoms with Gasteiger partial charge in [-0.25, -0.2) is 9.97 Å². The minimum Gasteiger partial charge on any atom is -0.469 e. The summed E-state index contributed by atoms with van der Waals surface area (Å²) >= 11 is 0. The molecule has 0 spiro atoms. The van der Waals surface area contributed by atoms with Gasteiger partial charge in [-0.3, -0.25) is 14.4 Å². The molecule has 1 aliphatic rings. The lowest BCUT2D eigenvalue weighted by Gasteiger charge is -2.33. The number of carbonyl (C=O) groups excluding carboxylic acids is 1. The molecule has 1 fully saturated rings. The second-order valence-electron chi connectivity index (χ2n) is 6.14. The van der Waals surface area contributed by atoms with Crippen LogP contribution in [0, 0.1) is 5.92 Å². The summed E-state index contributed by atoms with van der Waals surface area (Å²) in [4.78, 5) is 26.8. The number of piperidine rings is 1. The molecule has 27 heavy (non-hydrogen) atoms. The Morgan fingerprint density at radius 1 is 1.37 bits per heavy atom. The van der Waals surface area contributed by atoms with Crippen molar-refractivity contribution in [2.45, 2.75) is 19.4 Å². The fourth-order valence-corrected chi connectivity index (χ4v) is 3.19. The van der Waals surface area contributed by atoms with Crippen LogP contribution in [0.3, 0.4) is 0 Å². The first kappa shape index (κ1) is 21.1. The van der Waals surface area contributed by atoms with Crippen LogP contribution in [-0.2, 0) is 16.1 Å². The van der Waals surface area contributed by atoms with Crippen molar-refractivity contribution in [2.75, 3.05) is 27.2 Å². The number of nitrogens with zero attached hydrogens (tertiary/aromatic N) is 5. The van der Waals surface area contributed by atoms with Gasteiger partial charge in [-0.1, -0.05) is 6.07 Å². The molecule has 1 N–H and O–H groups in total. The zero-order chi connectivity index (χ0) is 18.4. The normalized spacial score (nSPS) is 15.2. The second kappa shape index (κ2) is 10.2. The van der Waals surface area contributed by atoms with E-state index in [0.717, 1.165) is 43.3 Å². The van der Waals surface area contributed by atoms with E-state index in [4.69, 9.17) is 4.74 Å². The number of nitrogens with one attached hydrogen (secondary N) is 1. The second-order valence-corrected chi connectivity index (χ2v) is 6.14. The number of aromatic nitrogens is 3. The Balaban J connectivity index is 0.00000261. The van der Waals surface area contributed by atoms with Crippen molar-refractivity contribution in [2.24, 2.45) is 10.9 Å². The van der Waals surface area contributed by atoms with Crippen LogP contribution in [0.25, 0.3) is 5.82 Å². The van der Waals surface area contributed by atoms with Crippen LogP contribution < -0.4 is 5.32 Å². The molecule has 9 heteroatoms. The number of pyridine rings is 1. The molecular formula is C18H25IN6O2. The van der Waals surface area contributed by atoms with E-state index in [1.54, 1.807) is 25.8 Å². The van der Waals surface area contributed by atoms with Gasteiger partial charge in [0.2, 0.25) is 0 Å². The van der Waals surface area contributed by atoms with Gasteiger partial charge < -0.3 is 15.0 Å². The zero-order valence-electron chi connectivity index (χ0n) is 15.5. The van der Waals surface area contributed by atoms with Gasteiger partial charge in [-0.2, -0.15) is 0 Å². The summed E-state index contributed by atoms with van der Waals surface area (Å²) < 4.78 is 6.74. The van der Waals surface area contributed by atoms with E-state index in [0.29, 0.717) is 6.54 Å². The number of hydrogen-bond donors (Lipinski definition) is 1. The molecule has 1 aliphatic heterocycles. The summed E-state index contributed by atoms with van der Waals surface area (Å²) in [5, 5.41) is 3.40. The van der Waals surface area contributed by atoms with Crippen molar-refractivity contribution < 1.29 is 9.53 Å². The first-order valence-corrected chi connectivity index (χ1v) is 8.68. The highest BCUT2D eigenvalue weighted by molar-refractivity contribution is 14.0. The number of rotatable bonds is 4. The summed E-state index contributed by atoms with van der Waals surface area (Å²) in [6.45, 7) is 2.16. The molecule has 0 bridgehead atoms. The molecule has 0 saturated carbocycles. The molecule has 0 aromatic carbocycles. The number of hydrogen-bond acceptors (Lipinski definition) is 5. The summed E-state index contributed by atoms with van der Waals surface area (Å²) in [6, 6.07) is 3.95. The fraction of sp³-hybridized carbons (Fsp3) is 0.444. The van der Waals surface area contributed by atoms with Crippen LogP contribution in [0.4, 0.5) is 0 Å². The van der Waals surface area contributed by atoms with Gasteiger partial charge in [-0.15, -0.1) is 24.0 Å². The van der Waals surface area contributed by atoms with E-state index in [1.165, 1.54) is 7.11 Å². The van der Waals surface area contributed by atoms with E-state index in [9.17, 15) is 4.79 Å². The lowest BCUT2D eigenvalue weighted by Crippen LogP contribution is -2.46. The molecule has 2 aromatic rings. The Hall–Kier alpha value is -2.17. The van der Waals surface area contributed by atoms with Crippen LogP contribution in [-0.4, -0.2) is 58.6 Å². The van der Waals surface area contributed by atoms with Gasteiger partial charge >= 0.3 is 5.97 Å². The number of likely N-dealkylation sites (tertiary alicyclic amines) is 1. The van der Waals surface area contributed by atoms with E-state index < -0.39 is 0 Å². The van der Waals surface area contributed by atoms with Crippen molar-refractivity contribution in [1.29, 1.82) is 0 Å². The van der Waals surface area contributed by atoms with Gasteiger partial charge in [0.15, 0.2) is 5.96 Å². The first-order chi connectivity index (χ1) is 12.7. The molecule has 3 rings (SSSR count). The maximum absolute atomic E-state index is 11.7. The Morgan fingerprint density at radius 2 is 2.15 bits per heavy atom. The van der Waals surface area contributed by atoms with Crippen molar-refractivity contribution in [3.8, 4) is 5.82 Å². The van der Waals surface area contributed by atoms with Gasteiger partial charge in [0.25, 0.3) is 0 Å². The quantitative estimate of drug-likeness (QED) is 0.309. The van der Waals surface area contributed by atoms with Crippen molar-refractivity contribution in [3.63, 3.8) is 0 Å². The third-order valence-corrected chi connectivity index (χ3v) is 4.59. The monoisotopic (exact) mass is 484 g/mol. The molecule has 146 valence electrons. The van der Waals surface area contributed by atoms with Crippen LogP contribution >= 0.6 is 24.0 Å². The maximum atomic E-state index is 11.7. The van der Waals surface area contributed by atoms with Crippen LogP contribution in [0.5, 0.6) is 0 Å². The van der Waals surface area contributed by atoms with Crippen LogP contribution in [0.1, 0.15) is 18.4 Å². The molecule has 0 amide bonds. The topological polar surface area (TPSA) is 84.6 Å². The Labute approximate surface area is 176 Å². The highest BCUT2D eigenvalue weighted by Gasteiger charge is 2.27. The summed E-state index contributed by atoms with van der Waals surface area (Å²) in [5.41, 5.74) is 1.05.